The lowest BCUT2D eigenvalue weighted by atomic mass is 10.1. The normalized spacial score (nSPS) is 10.3. The molecule has 0 fully saturated rings. The topological polar surface area (TPSA) is 81.5 Å². The summed E-state index contributed by atoms with van der Waals surface area (Å²) in [6.07, 6.45) is 0. The number of amides is 1. The fraction of sp³-hybridized carbons (Fsp3) is 0.0952. The minimum absolute atomic E-state index is 0.0278. The molecule has 136 valence electrons. The summed E-state index contributed by atoms with van der Waals surface area (Å²) in [6.45, 7) is 3.60. The van der Waals surface area contributed by atoms with Crippen LogP contribution in [0.1, 0.15) is 21.5 Å². The summed E-state index contributed by atoms with van der Waals surface area (Å²) in [4.78, 5) is 23.2. The van der Waals surface area contributed by atoms with Gasteiger partial charge in [0.25, 0.3) is 11.6 Å². The van der Waals surface area contributed by atoms with Crippen molar-refractivity contribution in [2.24, 2.45) is 0 Å². The van der Waals surface area contributed by atoms with Gasteiger partial charge in [-0.05, 0) is 56.3 Å². The minimum atomic E-state index is -0.539. The Morgan fingerprint density at radius 2 is 1.52 bits per heavy atom. The number of ether oxygens (including phenoxy) is 1. The monoisotopic (exact) mass is 362 g/mol. The van der Waals surface area contributed by atoms with Crippen LogP contribution in [0.15, 0.2) is 66.7 Å². The fourth-order valence-electron chi connectivity index (χ4n) is 2.63. The van der Waals surface area contributed by atoms with Gasteiger partial charge in [-0.15, -0.1) is 0 Å². The second-order valence-corrected chi connectivity index (χ2v) is 6.12. The molecule has 3 rings (SSSR count). The van der Waals surface area contributed by atoms with Crippen LogP contribution in [0.4, 0.5) is 11.4 Å². The van der Waals surface area contributed by atoms with Gasteiger partial charge in [-0.2, -0.15) is 0 Å². The zero-order valence-corrected chi connectivity index (χ0v) is 14.9. The molecule has 27 heavy (non-hydrogen) atoms. The summed E-state index contributed by atoms with van der Waals surface area (Å²) in [6, 6.07) is 19.1. The minimum Gasteiger partial charge on any atom is -0.457 e. The molecule has 0 heterocycles. The molecule has 0 atom stereocenters. The van der Waals surface area contributed by atoms with Gasteiger partial charge >= 0.3 is 0 Å². The lowest BCUT2D eigenvalue weighted by Crippen LogP contribution is -2.14. The highest BCUT2D eigenvalue weighted by atomic mass is 16.6. The highest BCUT2D eigenvalue weighted by Gasteiger charge is 2.22. The second kappa shape index (κ2) is 7.70. The third kappa shape index (κ3) is 4.30. The maximum atomic E-state index is 12.5. The van der Waals surface area contributed by atoms with E-state index in [1.165, 1.54) is 6.07 Å². The summed E-state index contributed by atoms with van der Waals surface area (Å²) < 4.78 is 5.74. The van der Waals surface area contributed by atoms with Crippen LogP contribution in [0.5, 0.6) is 11.5 Å². The zero-order valence-electron chi connectivity index (χ0n) is 14.9. The number of anilines is 1. The van der Waals surface area contributed by atoms with Crippen LogP contribution in [0.3, 0.4) is 0 Å². The summed E-state index contributed by atoms with van der Waals surface area (Å²) in [5.74, 6) is 0.809. The van der Waals surface area contributed by atoms with Gasteiger partial charge in [-0.1, -0.05) is 29.8 Å². The number of nitrogens with one attached hydrogen (secondary N) is 1. The molecule has 6 nitrogen and oxygen atoms in total. The van der Waals surface area contributed by atoms with E-state index in [9.17, 15) is 14.9 Å². The molecule has 0 aliphatic heterocycles. The van der Waals surface area contributed by atoms with Crippen LogP contribution < -0.4 is 10.1 Å². The third-order valence-corrected chi connectivity index (χ3v) is 4.03. The van der Waals surface area contributed by atoms with Crippen molar-refractivity contribution >= 4 is 17.3 Å². The van der Waals surface area contributed by atoms with E-state index in [0.29, 0.717) is 22.7 Å². The Morgan fingerprint density at radius 1 is 0.926 bits per heavy atom. The van der Waals surface area contributed by atoms with Crippen molar-refractivity contribution in [1.82, 2.24) is 0 Å². The van der Waals surface area contributed by atoms with Gasteiger partial charge in [-0.25, -0.2) is 0 Å². The van der Waals surface area contributed by atoms with Gasteiger partial charge in [0.05, 0.1) is 4.92 Å². The fourth-order valence-corrected chi connectivity index (χ4v) is 2.63. The van der Waals surface area contributed by atoms with Gasteiger partial charge in [0.15, 0.2) is 0 Å². The molecular weight excluding hydrogens is 344 g/mol. The molecule has 0 spiro atoms. The molecule has 3 aromatic rings. The number of para-hydroxylation sites is 1. The molecular formula is C21H18N2O4. The van der Waals surface area contributed by atoms with Gasteiger partial charge in [-0.3, -0.25) is 14.9 Å². The molecule has 0 saturated carbocycles. The molecule has 0 saturated heterocycles. The third-order valence-electron chi connectivity index (χ3n) is 4.03. The van der Waals surface area contributed by atoms with E-state index in [0.717, 1.165) is 5.56 Å². The first kappa shape index (κ1) is 18.1. The summed E-state index contributed by atoms with van der Waals surface area (Å²) in [5, 5.41) is 13.9. The van der Waals surface area contributed by atoms with Crippen molar-refractivity contribution in [3.8, 4) is 11.5 Å². The Balaban J connectivity index is 1.73. The molecule has 0 aliphatic rings. The van der Waals surface area contributed by atoms with Crippen LogP contribution >= 0.6 is 0 Å². The lowest BCUT2D eigenvalue weighted by molar-refractivity contribution is -0.385. The van der Waals surface area contributed by atoms with Crippen LogP contribution in [0.25, 0.3) is 0 Å². The number of aryl methyl sites for hydroxylation is 2. The number of benzene rings is 3. The molecule has 0 unspecified atom stereocenters. The van der Waals surface area contributed by atoms with Crippen molar-refractivity contribution < 1.29 is 14.5 Å². The smallest absolute Gasteiger partial charge is 0.285 e. The molecule has 1 N–H and O–H groups in total. The number of hydrogen-bond donors (Lipinski definition) is 1. The predicted octanol–water partition coefficient (Wildman–Crippen LogP) is 5.26. The number of nitro groups is 1. The Hall–Kier alpha value is -3.67. The van der Waals surface area contributed by atoms with Crippen molar-refractivity contribution in [2.75, 3.05) is 5.32 Å². The van der Waals surface area contributed by atoms with E-state index in [-0.39, 0.29) is 11.3 Å². The molecule has 1 amide bonds. The number of nitro benzene ring substituents is 1. The SMILES string of the molecule is Cc1ccc(Oc2ccc(NC(=O)c3cccc(C)c3[N+](=O)[O-])cc2)cc1. The van der Waals surface area contributed by atoms with Crippen molar-refractivity contribution in [1.29, 1.82) is 0 Å². The van der Waals surface area contributed by atoms with E-state index >= 15 is 0 Å². The maximum Gasteiger partial charge on any atom is 0.285 e. The zero-order chi connectivity index (χ0) is 19.4. The second-order valence-electron chi connectivity index (χ2n) is 6.12. The first-order valence-electron chi connectivity index (χ1n) is 8.34. The maximum absolute atomic E-state index is 12.5. The van der Waals surface area contributed by atoms with E-state index < -0.39 is 10.8 Å². The van der Waals surface area contributed by atoms with Crippen molar-refractivity contribution in [3.05, 3.63) is 93.5 Å². The number of carbonyl (C=O) groups is 1. The van der Waals surface area contributed by atoms with Crippen LogP contribution in [-0.2, 0) is 0 Å². The molecule has 0 aliphatic carbocycles. The Bertz CT molecular complexity index is 980. The van der Waals surface area contributed by atoms with E-state index in [2.05, 4.69) is 5.32 Å². The molecule has 3 aromatic carbocycles. The number of carbonyl (C=O) groups excluding carboxylic acids is 1. The Morgan fingerprint density at radius 3 is 2.11 bits per heavy atom. The van der Waals surface area contributed by atoms with E-state index in [4.69, 9.17) is 4.74 Å². The van der Waals surface area contributed by atoms with Crippen LogP contribution in [-0.4, -0.2) is 10.8 Å². The Labute approximate surface area is 156 Å². The molecule has 0 bridgehead atoms. The number of rotatable bonds is 5. The van der Waals surface area contributed by atoms with Gasteiger partial charge in [0, 0.05) is 11.3 Å². The Kier molecular flexibility index (Phi) is 5.17. The van der Waals surface area contributed by atoms with Crippen LogP contribution in [0, 0.1) is 24.0 Å². The quantitative estimate of drug-likeness (QED) is 0.496. The van der Waals surface area contributed by atoms with E-state index in [1.54, 1.807) is 43.3 Å². The van der Waals surface area contributed by atoms with Gasteiger partial charge in [0.2, 0.25) is 0 Å². The number of hydrogen-bond acceptors (Lipinski definition) is 4. The summed E-state index contributed by atoms with van der Waals surface area (Å²) in [7, 11) is 0. The van der Waals surface area contributed by atoms with Gasteiger partial charge in [0.1, 0.15) is 17.1 Å². The van der Waals surface area contributed by atoms with Crippen LogP contribution in [0.2, 0.25) is 0 Å². The summed E-state index contributed by atoms with van der Waals surface area (Å²) in [5.41, 5.74) is 1.95. The summed E-state index contributed by atoms with van der Waals surface area (Å²) >= 11 is 0. The predicted molar refractivity (Wildman–Crippen MR) is 103 cm³/mol. The largest absolute Gasteiger partial charge is 0.457 e. The van der Waals surface area contributed by atoms with Crippen molar-refractivity contribution in [2.45, 2.75) is 13.8 Å². The first-order valence-corrected chi connectivity index (χ1v) is 8.34. The molecule has 0 radical (unpaired) electrons. The molecule has 6 heteroatoms. The first-order chi connectivity index (χ1) is 12.9. The van der Waals surface area contributed by atoms with E-state index in [1.807, 2.05) is 31.2 Å². The average Bonchev–Trinajstić information content (AvgIpc) is 2.64. The van der Waals surface area contributed by atoms with Gasteiger partial charge < -0.3 is 10.1 Å². The van der Waals surface area contributed by atoms with Crippen molar-refractivity contribution in [3.63, 3.8) is 0 Å². The standard InChI is InChI=1S/C21H18N2O4/c1-14-6-10-17(11-7-14)27-18-12-8-16(9-13-18)22-21(24)19-5-3-4-15(2)20(19)23(25)26/h3-13H,1-2H3,(H,22,24). The lowest BCUT2D eigenvalue weighted by Gasteiger charge is -2.09. The number of nitrogens with zero attached hydrogens (tertiary/aromatic N) is 1. The highest BCUT2D eigenvalue weighted by molar-refractivity contribution is 6.07. The average molecular weight is 362 g/mol. The molecule has 0 aromatic heterocycles. The highest BCUT2D eigenvalue weighted by Crippen LogP contribution is 2.26.